The Labute approximate surface area is 182 Å². The number of carbonyl (C=O) groups is 1. The van der Waals surface area contributed by atoms with Gasteiger partial charge in [0, 0.05) is 28.7 Å². The second kappa shape index (κ2) is 7.92. The summed E-state index contributed by atoms with van der Waals surface area (Å²) in [4.78, 5) is 33.7. The van der Waals surface area contributed by atoms with Crippen molar-refractivity contribution in [1.29, 1.82) is 0 Å². The molecule has 5 aromatic rings. The minimum absolute atomic E-state index is 0.338. The number of hydrogen-bond donors (Lipinski definition) is 4. The Kier molecular flexibility index (Phi) is 4.79. The van der Waals surface area contributed by atoms with Crippen molar-refractivity contribution in [3.63, 3.8) is 0 Å². The molecule has 5 rings (SSSR count). The van der Waals surface area contributed by atoms with Gasteiger partial charge in [-0.1, -0.05) is 36.4 Å². The molecule has 0 bridgehead atoms. The van der Waals surface area contributed by atoms with Crippen LogP contribution >= 0.6 is 0 Å². The molecule has 0 aliphatic carbocycles. The fraction of sp³-hybridized carbons (Fsp3) is 0.0417. The second-order valence-electron chi connectivity index (χ2n) is 7.32. The Morgan fingerprint density at radius 3 is 2.59 bits per heavy atom. The number of carbonyl (C=O) groups excluding carboxylic acids is 1. The lowest BCUT2D eigenvalue weighted by Crippen LogP contribution is -2.19. The van der Waals surface area contributed by atoms with Crippen LogP contribution in [0.5, 0.6) is 11.5 Å². The van der Waals surface area contributed by atoms with Crippen LogP contribution in [0.1, 0.15) is 5.56 Å². The third-order valence-corrected chi connectivity index (χ3v) is 5.01. The lowest BCUT2D eigenvalue weighted by Gasteiger charge is -2.14. The molecule has 2 aromatic heterocycles. The molecule has 0 saturated heterocycles. The highest BCUT2D eigenvalue weighted by molar-refractivity contribution is 6.07. The highest BCUT2D eigenvalue weighted by Gasteiger charge is 2.13. The molecule has 0 fully saturated rings. The van der Waals surface area contributed by atoms with Crippen molar-refractivity contribution >= 4 is 39.3 Å². The number of anilines is 2. The van der Waals surface area contributed by atoms with E-state index in [4.69, 9.17) is 4.74 Å². The van der Waals surface area contributed by atoms with E-state index in [-0.39, 0.29) is 11.7 Å². The van der Waals surface area contributed by atoms with Gasteiger partial charge < -0.3 is 20.4 Å². The predicted octanol–water partition coefficient (Wildman–Crippen LogP) is 5.15. The molecule has 0 aliphatic rings. The number of benzene rings is 3. The summed E-state index contributed by atoms with van der Waals surface area (Å²) in [5, 5.41) is 7.38. The zero-order valence-corrected chi connectivity index (χ0v) is 17.1. The van der Waals surface area contributed by atoms with Crippen molar-refractivity contribution in [3.05, 3.63) is 89.0 Å². The molecular formula is C24H19N5O3. The van der Waals surface area contributed by atoms with Crippen molar-refractivity contribution in [2.24, 2.45) is 0 Å². The number of nitrogens with one attached hydrogen (secondary N) is 4. The van der Waals surface area contributed by atoms with Gasteiger partial charge in [0.15, 0.2) is 11.4 Å². The molecule has 0 saturated carbocycles. The topological polar surface area (TPSA) is 112 Å². The Bertz CT molecular complexity index is 1520. The van der Waals surface area contributed by atoms with Crippen LogP contribution in [0.2, 0.25) is 0 Å². The van der Waals surface area contributed by atoms with Gasteiger partial charge in [0.2, 0.25) is 0 Å². The zero-order chi connectivity index (χ0) is 22.1. The van der Waals surface area contributed by atoms with Crippen LogP contribution in [0.3, 0.4) is 0 Å². The third kappa shape index (κ3) is 3.77. The van der Waals surface area contributed by atoms with Gasteiger partial charge in [-0.2, -0.15) is 0 Å². The van der Waals surface area contributed by atoms with E-state index in [9.17, 15) is 9.59 Å². The van der Waals surface area contributed by atoms with Gasteiger partial charge in [0.1, 0.15) is 11.3 Å². The summed E-state index contributed by atoms with van der Waals surface area (Å²) in [6.07, 6.45) is 1.56. The van der Waals surface area contributed by atoms with Crippen molar-refractivity contribution < 1.29 is 9.53 Å². The maximum atomic E-state index is 12.6. The number of imidazole rings is 1. The number of H-pyrrole nitrogens is 2. The summed E-state index contributed by atoms with van der Waals surface area (Å²) in [5.41, 5.74) is 2.97. The fourth-order valence-corrected chi connectivity index (χ4v) is 3.59. The van der Waals surface area contributed by atoms with Crippen LogP contribution < -0.4 is 21.1 Å². The number of aromatic nitrogens is 3. The summed E-state index contributed by atoms with van der Waals surface area (Å²) in [7, 11) is 0. The van der Waals surface area contributed by atoms with Crippen LogP contribution in [0.25, 0.3) is 21.9 Å². The summed E-state index contributed by atoms with van der Waals surface area (Å²) in [6, 6.07) is 20.1. The lowest BCUT2D eigenvalue weighted by atomic mass is 10.1. The Morgan fingerprint density at radius 2 is 1.75 bits per heavy atom. The van der Waals surface area contributed by atoms with Crippen LogP contribution in [-0.2, 0) is 0 Å². The van der Waals surface area contributed by atoms with Crippen molar-refractivity contribution in [1.82, 2.24) is 15.0 Å². The first-order chi connectivity index (χ1) is 15.6. The number of hydrogen-bond acceptors (Lipinski definition) is 4. The molecule has 0 atom stereocenters. The monoisotopic (exact) mass is 425 g/mol. The first-order valence-electron chi connectivity index (χ1n) is 9.98. The maximum absolute atomic E-state index is 12.6. The van der Waals surface area contributed by atoms with Crippen LogP contribution in [0.4, 0.5) is 16.2 Å². The molecule has 2 heterocycles. The highest BCUT2D eigenvalue weighted by atomic mass is 16.5. The number of aromatic amines is 2. The number of ether oxygens (including phenoxy) is 1. The van der Waals surface area contributed by atoms with Gasteiger partial charge >= 0.3 is 11.7 Å². The Balaban J connectivity index is 1.46. The number of rotatable bonds is 4. The number of nitrogens with zero attached hydrogens (tertiary/aromatic N) is 1. The third-order valence-electron chi connectivity index (χ3n) is 5.01. The van der Waals surface area contributed by atoms with E-state index >= 15 is 0 Å². The number of fused-ring (bicyclic) bond motifs is 2. The normalized spacial score (nSPS) is 10.9. The molecule has 8 nitrogen and oxygen atoms in total. The van der Waals surface area contributed by atoms with Crippen LogP contribution in [0, 0.1) is 6.92 Å². The molecule has 32 heavy (non-hydrogen) atoms. The van der Waals surface area contributed by atoms with Gasteiger partial charge in [-0.3, -0.25) is 4.98 Å². The van der Waals surface area contributed by atoms with Gasteiger partial charge in [0.05, 0.1) is 5.69 Å². The van der Waals surface area contributed by atoms with E-state index in [1.54, 1.807) is 24.4 Å². The zero-order valence-electron chi connectivity index (χ0n) is 17.1. The first-order valence-corrected chi connectivity index (χ1v) is 9.98. The molecule has 0 unspecified atom stereocenters. The van der Waals surface area contributed by atoms with Gasteiger partial charge in [-0.05, 0) is 36.8 Å². The number of pyridine rings is 1. The summed E-state index contributed by atoms with van der Waals surface area (Å²) in [6.45, 7) is 1.97. The van der Waals surface area contributed by atoms with Crippen molar-refractivity contribution in [3.8, 4) is 11.5 Å². The average molecular weight is 425 g/mol. The smallest absolute Gasteiger partial charge is 0.325 e. The molecule has 8 heteroatoms. The molecule has 0 spiro atoms. The molecule has 3 aromatic carbocycles. The lowest BCUT2D eigenvalue weighted by molar-refractivity contribution is 0.262. The molecular weight excluding hydrogens is 406 g/mol. The standard InChI is InChI=1S/C24H19N5O3/c1-14-5-4-6-15(13-14)26-23(30)27-18-9-10-19(17-8-3-2-7-16(17)18)32-20-11-12-25-22-21(20)28-24(31)29-22/h2-13H,1H3,(H2,26,27,30)(H2,25,28,29,31). The Hall–Kier alpha value is -4.59. The predicted molar refractivity (Wildman–Crippen MR) is 125 cm³/mol. The summed E-state index contributed by atoms with van der Waals surface area (Å²) in [5.74, 6) is 1.05. The van der Waals surface area contributed by atoms with Crippen molar-refractivity contribution in [2.75, 3.05) is 10.6 Å². The number of aryl methyl sites for hydroxylation is 1. The second-order valence-corrected chi connectivity index (χ2v) is 7.32. The molecule has 4 N–H and O–H groups in total. The minimum atomic E-state index is -0.354. The quantitative estimate of drug-likeness (QED) is 0.319. The van der Waals surface area contributed by atoms with Gasteiger partial charge in [0.25, 0.3) is 0 Å². The molecule has 158 valence electrons. The van der Waals surface area contributed by atoms with Crippen LogP contribution in [-0.4, -0.2) is 21.0 Å². The van der Waals surface area contributed by atoms with E-state index < -0.39 is 0 Å². The van der Waals surface area contributed by atoms with E-state index in [1.807, 2.05) is 55.5 Å². The van der Waals surface area contributed by atoms with Gasteiger partial charge in [-0.15, -0.1) is 0 Å². The number of urea groups is 1. The van der Waals surface area contributed by atoms with E-state index in [0.717, 1.165) is 16.3 Å². The van der Waals surface area contributed by atoms with Crippen LogP contribution in [0.15, 0.2) is 77.7 Å². The van der Waals surface area contributed by atoms with E-state index in [1.165, 1.54) is 0 Å². The van der Waals surface area contributed by atoms with E-state index in [0.29, 0.717) is 34.0 Å². The van der Waals surface area contributed by atoms with E-state index in [2.05, 4.69) is 25.6 Å². The SMILES string of the molecule is Cc1cccc(NC(=O)Nc2ccc(Oc3ccnc4[nH]c(=O)[nH]c34)c3ccccc23)c1. The summed E-state index contributed by atoms with van der Waals surface area (Å²) >= 11 is 0. The average Bonchev–Trinajstić information content (AvgIpc) is 3.16. The molecule has 0 radical (unpaired) electrons. The number of amides is 2. The molecule has 0 aliphatic heterocycles. The first kappa shape index (κ1) is 19.4. The van der Waals surface area contributed by atoms with Crippen molar-refractivity contribution in [2.45, 2.75) is 6.92 Å². The minimum Gasteiger partial charge on any atom is -0.454 e. The van der Waals surface area contributed by atoms with Gasteiger partial charge in [-0.25, -0.2) is 14.6 Å². The maximum Gasteiger partial charge on any atom is 0.325 e. The Morgan fingerprint density at radius 1 is 0.906 bits per heavy atom. The molecule has 2 amide bonds. The largest absolute Gasteiger partial charge is 0.454 e. The highest BCUT2D eigenvalue weighted by Crippen LogP contribution is 2.35. The fourth-order valence-electron chi connectivity index (χ4n) is 3.59. The summed E-state index contributed by atoms with van der Waals surface area (Å²) < 4.78 is 6.13.